The van der Waals surface area contributed by atoms with E-state index in [0.717, 1.165) is 0 Å². The van der Waals surface area contributed by atoms with Crippen molar-refractivity contribution in [1.29, 1.82) is 0 Å². The van der Waals surface area contributed by atoms with E-state index in [-0.39, 0.29) is 211 Å². The molecule has 0 fully saturated rings. The molecule has 0 rings (SSSR count). The molecule has 0 spiro atoms. The number of phosphoric acid groups is 1. The van der Waals surface area contributed by atoms with Gasteiger partial charge in [-0.25, -0.2) is 0 Å². The van der Waals surface area contributed by atoms with Gasteiger partial charge in [0.2, 0.25) is 0 Å². The second-order valence-electron chi connectivity index (χ2n) is 0.447. The molecular weight excluding hydrogens is 1390 g/mol. The fraction of sp³-hybridized carbons (Fsp3) is 0. The molecule has 0 amide bonds. The maximum atomic E-state index is 8.55. The third kappa shape index (κ3) is 87.7. The van der Waals surface area contributed by atoms with Gasteiger partial charge >= 0.3 is 211 Å². The van der Waals surface area contributed by atoms with Gasteiger partial charge in [0.25, 0.3) is 0 Å². The Morgan fingerprint density at radius 2 is 0.667 bits per heavy atom. The predicted molar refractivity (Wildman–Crippen MR) is 58.9 cm³/mol. The second-order valence-corrected chi connectivity index (χ2v) is 1.34. The van der Waals surface area contributed by atoms with Gasteiger partial charge in [-0.3, -0.25) is 0 Å². The number of rotatable bonds is 0. The minimum atomic E-state index is -5.39. The van der Waals surface area contributed by atoms with Gasteiger partial charge in [-0.2, -0.15) is 7.82 Å². The van der Waals surface area contributed by atoms with E-state index < -0.39 is 7.82 Å². The van der Waals surface area contributed by atoms with Crippen molar-refractivity contribution in [3.05, 3.63) is 0 Å². The third-order valence-corrected chi connectivity index (χ3v) is 0. The van der Waals surface area contributed by atoms with E-state index in [9.17, 15) is 0 Å². The van der Waals surface area contributed by atoms with Gasteiger partial charge in [-0.1, -0.05) is 0 Å². The summed E-state index contributed by atoms with van der Waals surface area (Å²) in [5, 5.41) is 0. The monoisotopic (exact) mass is 1400 g/mol. The third-order valence-electron chi connectivity index (χ3n) is 0. The van der Waals surface area contributed by atoms with Crippen molar-refractivity contribution in [3.8, 4) is 0 Å². The summed E-state index contributed by atoms with van der Waals surface area (Å²) < 4.78 is 8.55. The first-order valence-corrected chi connectivity index (χ1v) is 2.19. The Morgan fingerprint density at radius 1 is 0.667 bits per heavy atom. The Hall–Kier alpha value is 7.12. The average Bonchev–Trinajstić information content (AvgIpc) is 0.722. The fourth-order valence-corrected chi connectivity index (χ4v) is 0. The van der Waals surface area contributed by atoms with Crippen molar-refractivity contribution in [2.75, 3.05) is 0 Å². The molecule has 0 aromatic carbocycles. The van der Waals surface area contributed by atoms with E-state index in [1.165, 1.54) is 0 Å². The van der Waals surface area contributed by atoms with Gasteiger partial charge in [-0.15, -0.1) is 0 Å². The summed E-state index contributed by atoms with van der Waals surface area (Å²) >= 11 is 0. The Morgan fingerprint density at radius 3 is 0.667 bits per heavy atom. The van der Waals surface area contributed by atoms with E-state index in [4.69, 9.17) is 19.2 Å². The quantitative estimate of drug-likeness (QED) is 0.179. The molecule has 0 aliphatic rings. The molecule has 12 heteroatoms. The molecule has 4 nitrogen and oxygen atoms in total. The van der Waals surface area contributed by atoms with Crippen LogP contribution in [0.5, 0.6) is 0 Å². The topological polar surface area (TPSA) is 86.2 Å². The van der Waals surface area contributed by atoms with Crippen molar-refractivity contribution in [3.63, 3.8) is 0 Å². The normalized spacial score (nSPS) is 4.92. The Bertz CT molecular complexity index is 65.7. The molecule has 0 radical (unpaired) electrons. The van der Waals surface area contributed by atoms with Crippen molar-refractivity contribution < 1.29 is 70.6 Å². The van der Waals surface area contributed by atoms with Crippen LogP contribution in [0.3, 0.4) is 0 Å². The van der Waals surface area contributed by atoms with Crippen LogP contribution in [0.4, 0.5) is 0 Å². The standard InChI is InChI=1S/K.H3O4P.6Po.12H/c;1-5(2,3)4;;;;;;;;;;;;;;;;;;/h;(H3,1,2,3,4);;;;;;;;;;;;;;;;;;/q+1;;;;;;;;;;;;;;;;;;;/p-3. The molecule has 12 heavy (non-hydrogen) atoms. The van der Waals surface area contributed by atoms with Gasteiger partial charge in [0.05, 0.1) is 0 Å². The molecule has 0 saturated carbocycles. The first kappa shape index (κ1) is 50.8. The Balaban J connectivity index is -0.00000000381. The van der Waals surface area contributed by atoms with E-state index in [1.807, 2.05) is 0 Å². The summed E-state index contributed by atoms with van der Waals surface area (Å²) in [4.78, 5) is 25.6. The summed E-state index contributed by atoms with van der Waals surface area (Å²) in [5.41, 5.74) is 0. The molecule has 80 valence electrons. The van der Waals surface area contributed by atoms with Gasteiger partial charge in [-0.05, 0) is 0 Å². The summed E-state index contributed by atoms with van der Waals surface area (Å²) in [5.74, 6) is 0. The molecule has 0 bridgehead atoms. The second kappa shape index (κ2) is 30.9. The van der Waals surface area contributed by atoms with Crippen LogP contribution in [0.25, 0.3) is 0 Å². The first-order valence-electron chi connectivity index (χ1n) is 0.730. The molecule has 0 saturated heterocycles. The molecular formula is H12KO4PPo6-2. The minimum absolute atomic E-state index is 0. The van der Waals surface area contributed by atoms with Crippen LogP contribution in [0.1, 0.15) is 0 Å². The van der Waals surface area contributed by atoms with E-state index in [0.29, 0.717) is 0 Å². The maximum absolute atomic E-state index is 8.55. The molecule has 0 aliphatic carbocycles. The van der Waals surface area contributed by atoms with Gasteiger partial charge in [0, 0.05) is 0 Å². The van der Waals surface area contributed by atoms with Crippen LogP contribution in [0.2, 0.25) is 0 Å². The predicted octanol–water partition coefficient (Wildman–Crippen LogP) is -11.3. The van der Waals surface area contributed by atoms with Crippen molar-refractivity contribution >= 4 is 167 Å². The van der Waals surface area contributed by atoms with Gasteiger partial charge in [0.15, 0.2) is 0 Å². The van der Waals surface area contributed by atoms with Crippen LogP contribution in [-0.4, -0.2) is 159 Å². The van der Waals surface area contributed by atoms with Crippen LogP contribution in [0, 0.1) is 0 Å². The van der Waals surface area contributed by atoms with Crippen molar-refractivity contribution in [2.45, 2.75) is 0 Å². The van der Waals surface area contributed by atoms with Gasteiger partial charge < -0.3 is 19.2 Å². The van der Waals surface area contributed by atoms with Gasteiger partial charge in [0.1, 0.15) is 0 Å². The number of hydrogen-bond donors (Lipinski definition) is 0. The molecule has 0 aromatic heterocycles. The fourth-order valence-electron chi connectivity index (χ4n) is 0. The summed E-state index contributed by atoms with van der Waals surface area (Å²) in [6, 6.07) is 0. The Kier molecular flexibility index (Phi) is 131. The summed E-state index contributed by atoms with van der Waals surface area (Å²) in [6.07, 6.45) is 0. The van der Waals surface area contributed by atoms with Crippen LogP contribution in [0.15, 0.2) is 0 Å². The zero-order chi connectivity index (χ0) is 4.50. The molecule has 0 atom stereocenters. The summed E-state index contributed by atoms with van der Waals surface area (Å²) in [7, 11) is -5.39. The molecule has 0 heterocycles. The summed E-state index contributed by atoms with van der Waals surface area (Å²) in [6.45, 7) is 0. The Labute approximate surface area is 231 Å². The SMILES string of the molecule is O=P([O-])([O-])[O-].[K+].[PoH2].[PoH2].[PoH2].[PoH2].[PoH2].[PoH2]. The first-order chi connectivity index (χ1) is 2.00. The average molecular weight is 1400 g/mol. The number of hydrogen-bond acceptors (Lipinski definition) is 4. The molecule has 0 N–H and O–H groups in total. The van der Waals surface area contributed by atoms with Crippen LogP contribution < -0.4 is 66.1 Å². The zero-order valence-electron chi connectivity index (χ0n) is 6.08. The van der Waals surface area contributed by atoms with Crippen molar-refractivity contribution in [2.24, 2.45) is 0 Å². The zero-order valence-corrected chi connectivity index (χ0v) is 33.4. The molecule has 0 unspecified atom stereocenters. The van der Waals surface area contributed by atoms with Crippen molar-refractivity contribution in [1.82, 2.24) is 0 Å². The molecule has 0 aromatic rings. The molecule has 0 aliphatic heterocycles. The van der Waals surface area contributed by atoms with Crippen LogP contribution in [-0.2, 0) is 4.57 Å². The van der Waals surface area contributed by atoms with Crippen LogP contribution >= 0.6 is 7.82 Å². The van der Waals surface area contributed by atoms with E-state index in [2.05, 4.69) is 0 Å². The van der Waals surface area contributed by atoms with E-state index >= 15 is 0 Å². The van der Waals surface area contributed by atoms with E-state index in [1.54, 1.807) is 0 Å².